The van der Waals surface area contributed by atoms with Gasteiger partial charge in [-0.2, -0.15) is 0 Å². The third-order valence-electron chi connectivity index (χ3n) is 11.6. The lowest BCUT2D eigenvalue weighted by Crippen LogP contribution is -2.64. The van der Waals surface area contributed by atoms with Crippen molar-refractivity contribution in [3.05, 3.63) is 0 Å². The molecule has 0 saturated heterocycles. The Bertz CT molecular complexity index is 819. The van der Waals surface area contributed by atoms with E-state index in [2.05, 4.69) is 33.0 Å². The molecule has 0 heterocycles. The molecule has 0 radical (unpaired) electrons. The molecule has 1 amide bonds. The van der Waals surface area contributed by atoms with Gasteiger partial charge in [0.1, 0.15) is 6.54 Å². The van der Waals surface area contributed by atoms with Gasteiger partial charge < -0.3 is 25.7 Å². The molecule has 4 rings (SSSR count). The average molecular weight is 494 g/mol. The molecule has 0 aromatic heterocycles. The summed E-state index contributed by atoms with van der Waals surface area (Å²) in [5, 5.41) is 45.1. The molecule has 0 aliphatic heterocycles. The minimum Gasteiger partial charge on any atom is -0.480 e. The van der Waals surface area contributed by atoms with Crippen LogP contribution < -0.4 is 5.32 Å². The quantitative estimate of drug-likeness (QED) is 0.387. The number of hydrogen-bond donors (Lipinski definition) is 5. The van der Waals surface area contributed by atoms with Gasteiger partial charge in [-0.3, -0.25) is 9.59 Å². The number of carboxylic acids is 1. The van der Waals surface area contributed by atoms with Gasteiger partial charge in [0, 0.05) is 5.92 Å². The van der Waals surface area contributed by atoms with Gasteiger partial charge >= 0.3 is 5.97 Å². The van der Waals surface area contributed by atoms with Crippen LogP contribution in [-0.4, -0.2) is 57.2 Å². The molecule has 0 aromatic carbocycles. The maximum atomic E-state index is 12.4. The van der Waals surface area contributed by atoms with Gasteiger partial charge in [0.15, 0.2) is 0 Å². The summed E-state index contributed by atoms with van der Waals surface area (Å²) in [6.07, 6.45) is 4.65. The van der Waals surface area contributed by atoms with Crippen molar-refractivity contribution < 1.29 is 30.0 Å². The van der Waals surface area contributed by atoms with Gasteiger partial charge in [-0.15, -0.1) is 0 Å². The maximum absolute atomic E-state index is 12.4. The first kappa shape index (κ1) is 26.9. The third-order valence-corrected chi connectivity index (χ3v) is 11.6. The van der Waals surface area contributed by atoms with E-state index in [9.17, 15) is 24.9 Å². The summed E-state index contributed by atoms with van der Waals surface area (Å²) in [5.41, 5.74) is -0.277. The second-order valence-electron chi connectivity index (χ2n) is 13.2. The number of amides is 1. The Balaban J connectivity index is 1.54. The largest absolute Gasteiger partial charge is 0.480 e. The molecule has 7 heteroatoms. The normalized spacial score (nSPS) is 48.7. The highest BCUT2D eigenvalue weighted by molar-refractivity contribution is 5.82. The first-order valence-electron chi connectivity index (χ1n) is 13.9. The summed E-state index contributed by atoms with van der Waals surface area (Å²) >= 11 is 0. The first-order valence-corrected chi connectivity index (χ1v) is 13.9. The lowest BCUT2D eigenvalue weighted by atomic mass is 9.41. The molecule has 4 aliphatic rings. The van der Waals surface area contributed by atoms with Crippen LogP contribution in [0.5, 0.6) is 0 Å². The molecule has 0 spiro atoms. The van der Waals surface area contributed by atoms with Crippen molar-refractivity contribution in [1.29, 1.82) is 0 Å². The highest BCUT2D eigenvalue weighted by atomic mass is 16.4. The fraction of sp³-hybridized carbons (Fsp3) is 0.929. The first-order chi connectivity index (χ1) is 16.3. The van der Waals surface area contributed by atoms with Crippen LogP contribution in [0.2, 0.25) is 0 Å². The van der Waals surface area contributed by atoms with E-state index in [4.69, 9.17) is 5.11 Å². The predicted molar refractivity (Wildman–Crippen MR) is 132 cm³/mol. The SMILES string of the molecule is C[C@H](C[C@H](C)C(=O)NCC(=O)O)[C@H]1CCC2C3C(C[C@H](O)[C@@]21C)[C@@]1(C)CC[C@@H](O)CC1[C@@H](C)[C@H]3O. The van der Waals surface area contributed by atoms with E-state index in [1.807, 2.05) is 6.92 Å². The molecule has 0 aromatic rings. The van der Waals surface area contributed by atoms with Crippen LogP contribution in [0.4, 0.5) is 0 Å². The molecular weight excluding hydrogens is 446 g/mol. The Kier molecular flexibility index (Phi) is 7.37. The summed E-state index contributed by atoms with van der Waals surface area (Å²) in [7, 11) is 0. The van der Waals surface area contributed by atoms with Crippen LogP contribution in [0.15, 0.2) is 0 Å². The van der Waals surface area contributed by atoms with Crippen molar-refractivity contribution in [3.8, 4) is 0 Å². The Hall–Kier alpha value is -1.18. The minimum absolute atomic E-state index is 0.0330. The molecule has 4 unspecified atom stereocenters. The van der Waals surface area contributed by atoms with Gasteiger partial charge in [0.25, 0.3) is 0 Å². The highest BCUT2D eigenvalue weighted by Crippen LogP contribution is 2.69. The van der Waals surface area contributed by atoms with Crippen LogP contribution in [0.1, 0.15) is 79.6 Å². The smallest absolute Gasteiger partial charge is 0.322 e. The Morgan fingerprint density at radius 3 is 2.34 bits per heavy atom. The molecule has 4 saturated carbocycles. The van der Waals surface area contributed by atoms with E-state index in [1.54, 1.807) is 0 Å². The Labute approximate surface area is 210 Å². The van der Waals surface area contributed by atoms with Crippen molar-refractivity contribution in [3.63, 3.8) is 0 Å². The highest BCUT2D eigenvalue weighted by Gasteiger charge is 2.67. The summed E-state index contributed by atoms with van der Waals surface area (Å²) in [6, 6.07) is 0. The van der Waals surface area contributed by atoms with Crippen LogP contribution in [0, 0.1) is 58.2 Å². The monoisotopic (exact) mass is 493 g/mol. The molecule has 5 N–H and O–H groups in total. The zero-order valence-electron chi connectivity index (χ0n) is 22.1. The molecule has 13 atom stereocenters. The summed E-state index contributed by atoms with van der Waals surface area (Å²) < 4.78 is 0. The molecule has 0 bridgehead atoms. The van der Waals surface area contributed by atoms with Gasteiger partial charge in [0.05, 0.1) is 18.3 Å². The lowest BCUT2D eigenvalue weighted by Gasteiger charge is -2.65. The van der Waals surface area contributed by atoms with Gasteiger partial charge in [-0.05, 0) is 97.2 Å². The molecule has 35 heavy (non-hydrogen) atoms. The zero-order valence-corrected chi connectivity index (χ0v) is 22.1. The zero-order chi connectivity index (χ0) is 25.9. The van der Waals surface area contributed by atoms with E-state index in [-0.39, 0.29) is 76.7 Å². The predicted octanol–water partition coefficient (Wildman–Crippen LogP) is 3.06. The van der Waals surface area contributed by atoms with Crippen molar-refractivity contribution >= 4 is 11.9 Å². The minimum atomic E-state index is -1.05. The molecule has 4 fully saturated rings. The van der Waals surface area contributed by atoms with E-state index < -0.39 is 18.2 Å². The fourth-order valence-electron chi connectivity index (χ4n) is 9.75. The van der Waals surface area contributed by atoms with Crippen LogP contribution in [0.25, 0.3) is 0 Å². The van der Waals surface area contributed by atoms with Crippen molar-refractivity contribution in [2.45, 2.75) is 97.9 Å². The number of nitrogens with one attached hydrogen (secondary N) is 1. The van der Waals surface area contributed by atoms with Crippen LogP contribution >= 0.6 is 0 Å². The third kappa shape index (κ3) is 4.33. The molecule has 7 nitrogen and oxygen atoms in total. The second kappa shape index (κ2) is 9.60. The van der Waals surface area contributed by atoms with Crippen LogP contribution in [0.3, 0.4) is 0 Å². The number of carboxylic acid groups (broad SMARTS) is 1. The van der Waals surface area contributed by atoms with E-state index in [0.717, 1.165) is 32.1 Å². The number of rotatable bonds is 6. The van der Waals surface area contributed by atoms with Gasteiger partial charge in [0.2, 0.25) is 5.91 Å². The molecule has 4 aliphatic carbocycles. The Morgan fingerprint density at radius 1 is 1.00 bits per heavy atom. The standard InChI is InChI=1S/C28H47NO6/c1-14(10-15(2)26(35)29-13-23(32)33)18-6-7-19-24-21(12-22(31)28(18,19)5)27(4)9-8-17(30)11-20(27)16(3)25(24)34/h14-22,24-25,30-31,34H,6-13H2,1-5H3,(H,29,35)(H,32,33)/t14-,15+,16-,17-,18-,19?,20?,21?,22+,24?,25-,27+,28-/m1/s1. The Morgan fingerprint density at radius 2 is 1.69 bits per heavy atom. The second-order valence-corrected chi connectivity index (χ2v) is 13.2. The van der Waals surface area contributed by atoms with Gasteiger partial charge in [-0.25, -0.2) is 0 Å². The fourth-order valence-corrected chi connectivity index (χ4v) is 9.75. The number of hydrogen-bond acceptors (Lipinski definition) is 5. The number of carbonyl (C=O) groups excluding carboxylic acids is 1. The molecule has 200 valence electrons. The summed E-state index contributed by atoms with van der Waals surface area (Å²) in [5.74, 6) is -0.0714. The number of aliphatic hydroxyl groups excluding tert-OH is 3. The number of aliphatic hydroxyl groups is 3. The van der Waals surface area contributed by atoms with E-state index in [1.165, 1.54) is 0 Å². The lowest BCUT2D eigenvalue weighted by molar-refractivity contribution is -0.225. The number of fused-ring (bicyclic) bond motifs is 5. The van der Waals surface area contributed by atoms with Crippen LogP contribution in [-0.2, 0) is 9.59 Å². The van der Waals surface area contributed by atoms with E-state index in [0.29, 0.717) is 12.8 Å². The topological polar surface area (TPSA) is 127 Å². The van der Waals surface area contributed by atoms with E-state index >= 15 is 0 Å². The van der Waals surface area contributed by atoms with Crippen molar-refractivity contribution in [2.75, 3.05) is 6.54 Å². The van der Waals surface area contributed by atoms with Gasteiger partial charge in [-0.1, -0.05) is 34.6 Å². The summed E-state index contributed by atoms with van der Waals surface area (Å²) in [6.45, 7) is 10.4. The number of aliphatic carboxylic acids is 1. The number of carbonyl (C=O) groups is 2. The summed E-state index contributed by atoms with van der Waals surface area (Å²) in [4.78, 5) is 23.2. The molecular formula is C28H47NO6. The average Bonchev–Trinajstić information content (AvgIpc) is 3.16. The van der Waals surface area contributed by atoms with Crippen molar-refractivity contribution in [2.24, 2.45) is 58.2 Å². The van der Waals surface area contributed by atoms with Crippen molar-refractivity contribution in [1.82, 2.24) is 5.32 Å². The maximum Gasteiger partial charge on any atom is 0.322 e.